The van der Waals surface area contributed by atoms with Gasteiger partial charge in [-0.05, 0) is 19.1 Å². The highest BCUT2D eigenvalue weighted by molar-refractivity contribution is 7.99. The summed E-state index contributed by atoms with van der Waals surface area (Å²) in [6.07, 6.45) is 4.65. The fourth-order valence-electron chi connectivity index (χ4n) is 3.20. The van der Waals surface area contributed by atoms with E-state index in [4.69, 9.17) is 0 Å². The summed E-state index contributed by atoms with van der Waals surface area (Å²) in [5.74, 6) is 0.993. The van der Waals surface area contributed by atoms with Crippen LogP contribution in [-0.2, 0) is 17.8 Å². The van der Waals surface area contributed by atoms with E-state index in [0.717, 1.165) is 37.2 Å². The molecule has 130 valence electrons. The monoisotopic (exact) mass is 349 g/mol. The van der Waals surface area contributed by atoms with Gasteiger partial charge in [0.25, 0.3) is 5.91 Å². The Labute approximate surface area is 146 Å². The third-order valence-electron chi connectivity index (χ3n) is 4.50. The molecule has 2 aliphatic rings. The summed E-state index contributed by atoms with van der Waals surface area (Å²) >= 11 is 1.51. The summed E-state index contributed by atoms with van der Waals surface area (Å²) < 4.78 is 0. The first kappa shape index (κ1) is 17.0. The molecule has 7 nitrogen and oxygen atoms in total. The van der Waals surface area contributed by atoms with Crippen LogP contribution in [0.15, 0.2) is 0 Å². The molecular formula is C16H23N5O2S. The molecule has 1 aromatic rings. The lowest BCUT2D eigenvalue weighted by atomic mass is 10.0. The number of carbonyl (C=O) groups excluding carboxylic acids is 2. The molecule has 1 fully saturated rings. The van der Waals surface area contributed by atoms with Crippen molar-refractivity contribution in [1.82, 2.24) is 19.8 Å². The molecule has 0 radical (unpaired) electrons. The van der Waals surface area contributed by atoms with E-state index in [1.54, 1.807) is 7.05 Å². The number of amides is 2. The molecule has 0 bridgehead atoms. The number of rotatable bonds is 4. The molecule has 0 aliphatic carbocycles. The quantitative estimate of drug-likeness (QED) is 0.874. The number of anilines is 1. The van der Waals surface area contributed by atoms with Crippen molar-refractivity contribution < 1.29 is 9.59 Å². The Hall–Kier alpha value is -1.83. The Morgan fingerprint density at radius 2 is 1.92 bits per heavy atom. The van der Waals surface area contributed by atoms with Crippen molar-refractivity contribution in [3.8, 4) is 0 Å². The van der Waals surface area contributed by atoms with Gasteiger partial charge in [-0.25, -0.2) is 9.97 Å². The number of fused-ring (bicyclic) bond motifs is 1. The number of nitrogens with one attached hydrogen (secondary N) is 1. The maximum absolute atomic E-state index is 12.9. The minimum Gasteiger partial charge on any atom is -0.357 e. The maximum atomic E-state index is 12.9. The fraction of sp³-hybridized carbons (Fsp3) is 0.625. The van der Waals surface area contributed by atoms with Gasteiger partial charge in [0.05, 0.1) is 11.4 Å². The molecule has 0 saturated carbocycles. The highest BCUT2D eigenvalue weighted by Gasteiger charge is 2.30. The van der Waals surface area contributed by atoms with Gasteiger partial charge in [-0.2, -0.15) is 11.8 Å². The molecule has 1 saturated heterocycles. The largest absolute Gasteiger partial charge is 0.357 e. The zero-order chi connectivity index (χ0) is 17.1. The minimum absolute atomic E-state index is 0.0400. The smallest absolute Gasteiger partial charge is 0.273 e. The van der Waals surface area contributed by atoms with Crippen LogP contribution in [0, 0.1) is 0 Å². The highest BCUT2D eigenvalue weighted by atomic mass is 32.2. The predicted octanol–water partition coefficient (Wildman–Crippen LogP) is 1.00. The van der Waals surface area contributed by atoms with Crippen molar-refractivity contribution >= 4 is 29.5 Å². The Morgan fingerprint density at radius 1 is 1.17 bits per heavy atom. The molecule has 0 aromatic carbocycles. The van der Waals surface area contributed by atoms with E-state index in [-0.39, 0.29) is 11.8 Å². The van der Waals surface area contributed by atoms with E-state index in [2.05, 4.69) is 15.3 Å². The average molecular weight is 349 g/mol. The van der Waals surface area contributed by atoms with Crippen LogP contribution in [0.5, 0.6) is 0 Å². The third-order valence-corrected chi connectivity index (χ3v) is 5.04. The van der Waals surface area contributed by atoms with E-state index in [1.807, 2.05) is 16.1 Å². The Bertz CT molecular complexity index is 646. The number of hydrogen-bond acceptors (Lipinski definition) is 6. The van der Waals surface area contributed by atoms with Gasteiger partial charge >= 0.3 is 0 Å². The molecule has 0 unspecified atom stereocenters. The van der Waals surface area contributed by atoms with Crippen LogP contribution in [0.3, 0.4) is 0 Å². The zero-order valence-electron chi connectivity index (χ0n) is 14.2. The third kappa shape index (κ3) is 3.33. The molecule has 1 N–H and O–H groups in total. The summed E-state index contributed by atoms with van der Waals surface area (Å²) in [5.41, 5.74) is 2.14. The first-order chi connectivity index (χ1) is 11.6. The normalized spacial score (nSPS) is 16.9. The molecule has 24 heavy (non-hydrogen) atoms. The van der Waals surface area contributed by atoms with Crippen molar-refractivity contribution in [3.05, 3.63) is 17.0 Å². The van der Waals surface area contributed by atoms with Gasteiger partial charge in [-0.3, -0.25) is 9.59 Å². The lowest BCUT2D eigenvalue weighted by Gasteiger charge is -2.30. The summed E-state index contributed by atoms with van der Waals surface area (Å²) in [4.78, 5) is 37.7. The maximum Gasteiger partial charge on any atom is 0.273 e. The van der Waals surface area contributed by atoms with Crippen LogP contribution in [0.2, 0.25) is 0 Å². The van der Waals surface area contributed by atoms with Gasteiger partial charge in [0.2, 0.25) is 11.9 Å². The molecule has 8 heteroatoms. The fourth-order valence-corrected chi connectivity index (χ4v) is 3.63. The van der Waals surface area contributed by atoms with Crippen molar-refractivity contribution in [2.75, 3.05) is 44.0 Å². The highest BCUT2D eigenvalue weighted by Crippen LogP contribution is 2.24. The van der Waals surface area contributed by atoms with Crippen molar-refractivity contribution in [3.63, 3.8) is 0 Å². The zero-order valence-corrected chi connectivity index (χ0v) is 15.0. The van der Waals surface area contributed by atoms with Crippen molar-refractivity contribution in [2.45, 2.75) is 25.8 Å². The summed E-state index contributed by atoms with van der Waals surface area (Å²) in [7, 11) is 1.75. The molecule has 0 spiro atoms. The average Bonchev–Trinajstić information content (AvgIpc) is 3.14. The van der Waals surface area contributed by atoms with Gasteiger partial charge < -0.3 is 15.1 Å². The van der Waals surface area contributed by atoms with Crippen molar-refractivity contribution in [2.24, 2.45) is 0 Å². The number of nitrogens with zero attached hydrogens (tertiary/aromatic N) is 4. The second-order valence-corrected chi connectivity index (χ2v) is 6.93. The van der Waals surface area contributed by atoms with E-state index >= 15 is 0 Å². The van der Waals surface area contributed by atoms with Gasteiger partial charge in [-0.1, -0.05) is 0 Å². The predicted molar refractivity (Wildman–Crippen MR) is 94.2 cm³/mol. The Morgan fingerprint density at radius 3 is 2.58 bits per heavy atom. The molecule has 2 amide bonds. The first-order valence-corrected chi connectivity index (χ1v) is 9.67. The second kappa shape index (κ2) is 7.38. The van der Waals surface area contributed by atoms with Crippen LogP contribution < -0.4 is 5.32 Å². The van der Waals surface area contributed by atoms with Crippen LogP contribution in [0.1, 0.15) is 34.6 Å². The van der Waals surface area contributed by atoms with Crippen LogP contribution in [0.25, 0.3) is 0 Å². The molecule has 3 heterocycles. The van der Waals surface area contributed by atoms with E-state index in [0.29, 0.717) is 36.9 Å². The van der Waals surface area contributed by atoms with E-state index in [1.165, 1.54) is 11.8 Å². The topological polar surface area (TPSA) is 78.4 Å². The number of thioether (sulfide) groups is 1. The summed E-state index contributed by atoms with van der Waals surface area (Å²) in [6, 6.07) is 0. The number of aromatic nitrogens is 2. The van der Waals surface area contributed by atoms with Crippen LogP contribution >= 0.6 is 11.8 Å². The number of carbonyl (C=O) groups is 2. The van der Waals surface area contributed by atoms with Gasteiger partial charge in [-0.15, -0.1) is 0 Å². The first-order valence-electron chi connectivity index (χ1n) is 8.27. The Kier molecular flexibility index (Phi) is 5.23. The standard InChI is InChI=1S/C16H23N5O2S/c1-17-16-18-12-5-8-21(13(22)10-24-2)9-11(12)14(19-16)15(23)20-6-3-4-7-20/h3-10H2,1-2H3,(H,17,18,19). The number of hydrogen-bond donors (Lipinski definition) is 1. The van der Waals surface area contributed by atoms with E-state index < -0.39 is 0 Å². The summed E-state index contributed by atoms with van der Waals surface area (Å²) in [6.45, 7) is 2.63. The summed E-state index contributed by atoms with van der Waals surface area (Å²) in [5, 5.41) is 2.94. The molecule has 0 atom stereocenters. The van der Waals surface area contributed by atoms with Gasteiger partial charge in [0.1, 0.15) is 5.69 Å². The van der Waals surface area contributed by atoms with E-state index in [9.17, 15) is 9.59 Å². The minimum atomic E-state index is -0.0400. The molecule has 3 rings (SSSR count). The molecule has 1 aromatic heterocycles. The molecular weight excluding hydrogens is 326 g/mol. The SMILES string of the molecule is CNc1nc2c(c(C(=O)N3CCCC3)n1)CN(C(=O)CSC)CC2. The van der Waals surface area contributed by atoms with Crippen LogP contribution in [0.4, 0.5) is 5.95 Å². The van der Waals surface area contributed by atoms with Gasteiger partial charge in [0.15, 0.2) is 0 Å². The van der Waals surface area contributed by atoms with Crippen molar-refractivity contribution in [1.29, 1.82) is 0 Å². The van der Waals surface area contributed by atoms with Gasteiger partial charge in [0, 0.05) is 45.2 Å². The Balaban J connectivity index is 1.93. The van der Waals surface area contributed by atoms with Crippen LogP contribution in [-0.4, -0.2) is 70.3 Å². The second-order valence-electron chi connectivity index (χ2n) is 6.07. The molecule has 2 aliphatic heterocycles. The lowest BCUT2D eigenvalue weighted by Crippen LogP contribution is -2.39. The number of likely N-dealkylation sites (tertiary alicyclic amines) is 1. The lowest BCUT2D eigenvalue weighted by molar-refractivity contribution is -0.129.